The smallest absolute Gasteiger partial charge is 0.323 e. The molecule has 3 N–H and O–H groups in total. The summed E-state index contributed by atoms with van der Waals surface area (Å²) >= 11 is 1.37. The van der Waals surface area contributed by atoms with Gasteiger partial charge in [-0.25, -0.2) is 4.98 Å². The van der Waals surface area contributed by atoms with Gasteiger partial charge < -0.3 is 15.7 Å². The van der Waals surface area contributed by atoms with Crippen molar-refractivity contribution in [1.82, 2.24) is 9.88 Å². The number of nitrogens with two attached hydrogens (primary N) is 1. The van der Waals surface area contributed by atoms with Gasteiger partial charge in [0.1, 0.15) is 12.2 Å². The van der Waals surface area contributed by atoms with E-state index in [0.717, 1.165) is 5.01 Å². The number of aliphatic carboxylic acids is 1. The summed E-state index contributed by atoms with van der Waals surface area (Å²) in [6, 6.07) is -0.136. The number of hydrogen-bond acceptors (Lipinski definition) is 5. The Morgan fingerprint density at radius 2 is 2.26 bits per heavy atom. The monoisotopic (exact) mass is 285 g/mol. The fourth-order valence-corrected chi connectivity index (χ4v) is 2.38. The van der Waals surface area contributed by atoms with Gasteiger partial charge in [-0.3, -0.25) is 9.59 Å². The molecule has 106 valence electrons. The van der Waals surface area contributed by atoms with Crippen molar-refractivity contribution in [2.75, 3.05) is 13.1 Å². The molecular formula is C12H19N3O3S. The SMILES string of the molecule is CCC(C)N(CC(=O)O)C(=O)c1csc(CCN)n1. The molecule has 0 spiro atoms. The van der Waals surface area contributed by atoms with Gasteiger partial charge in [0.25, 0.3) is 5.91 Å². The normalized spacial score (nSPS) is 12.2. The first kappa shape index (κ1) is 15.6. The van der Waals surface area contributed by atoms with E-state index in [1.165, 1.54) is 16.2 Å². The van der Waals surface area contributed by atoms with Crippen molar-refractivity contribution < 1.29 is 14.7 Å². The summed E-state index contributed by atoms with van der Waals surface area (Å²) in [7, 11) is 0. The lowest BCUT2D eigenvalue weighted by atomic mass is 10.2. The van der Waals surface area contributed by atoms with Crippen LogP contribution < -0.4 is 5.73 Å². The van der Waals surface area contributed by atoms with Crippen molar-refractivity contribution in [2.24, 2.45) is 5.73 Å². The van der Waals surface area contributed by atoms with E-state index in [1.54, 1.807) is 5.38 Å². The minimum absolute atomic E-state index is 0.136. The van der Waals surface area contributed by atoms with Gasteiger partial charge in [0, 0.05) is 17.8 Å². The zero-order chi connectivity index (χ0) is 14.4. The maximum absolute atomic E-state index is 12.3. The Bertz CT molecular complexity index is 447. The van der Waals surface area contributed by atoms with Crippen LogP contribution in [0.2, 0.25) is 0 Å². The van der Waals surface area contributed by atoms with Crippen LogP contribution in [0, 0.1) is 0 Å². The third-order valence-electron chi connectivity index (χ3n) is 2.82. The van der Waals surface area contributed by atoms with Crippen molar-refractivity contribution >= 4 is 23.2 Å². The Balaban J connectivity index is 2.87. The van der Waals surface area contributed by atoms with Crippen LogP contribution in [0.4, 0.5) is 0 Å². The van der Waals surface area contributed by atoms with E-state index in [-0.39, 0.29) is 18.5 Å². The molecule has 0 fully saturated rings. The number of amides is 1. The van der Waals surface area contributed by atoms with Gasteiger partial charge in [0.2, 0.25) is 0 Å². The van der Waals surface area contributed by atoms with Gasteiger partial charge in [-0.2, -0.15) is 0 Å². The van der Waals surface area contributed by atoms with Crippen molar-refractivity contribution in [3.63, 3.8) is 0 Å². The molecule has 1 rings (SSSR count). The molecule has 0 radical (unpaired) electrons. The second-order valence-corrected chi connectivity index (χ2v) is 5.19. The van der Waals surface area contributed by atoms with Crippen molar-refractivity contribution in [2.45, 2.75) is 32.7 Å². The molecule has 1 heterocycles. The summed E-state index contributed by atoms with van der Waals surface area (Å²) < 4.78 is 0. The van der Waals surface area contributed by atoms with Crippen LogP contribution in [-0.4, -0.2) is 46.0 Å². The molecule has 0 aromatic carbocycles. The van der Waals surface area contributed by atoms with Crippen LogP contribution in [-0.2, 0) is 11.2 Å². The van der Waals surface area contributed by atoms with Crippen LogP contribution in [0.15, 0.2) is 5.38 Å². The molecule has 1 amide bonds. The second-order valence-electron chi connectivity index (χ2n) is 4.25. The molecule has 1 aromatic heterocycles. The molecule has 1 unspecified atom stereocenters. The number of carboxylic acids is 1. The molecular weight excluding hydrogens is 266 g/mol. The summed E-state index contributed by atoms with van der Waals surface area (Å²) in [6.07, 6.45) is 1.32. The number of carboxylic acid groups (broad SMARTS) is 1. The number of carbonyl (C=O) groups is 2. The Hall–Kier alpha value is -1.47. The number of nitrogens with zero attached hydrogens (tertiary/aromatic N) is 2. The summed E-state index contributed by atoms with van der Waals surface area (Å²) in [5.41, 5.74) is 5.74. The van der Waals surface area contributed by atoms with Crippen LogP contribution in [0.1, 0.15) is 35.8 Å². The van der Waals surface area contributed by atoms with E-state index in [0.29, 0.717) is 25.1 Å². The first-order valence-corrected chi connectivity index (χ1v) is 7.04. The van der Waals surface area contributed by atoms with Gasteiger partial charge in [0.05, 0.1) is 5.01 Å². The molecule has 0 aliphatic heterocycles. The Morgan fingerprint density at radius 1 is 1.58 bits per heavy atom. The molecule has 19 heavy (non-hydrogen) atoms. The molecule has 0 saturated carbocycles. The quantitative estimate of drug-likeness (QED) is 0.778. The van der Waals surface area contributed by atoms with E-state index in [4.69, 9.17) is 10.8 Å². The number of aromatic nitrogens is 1. The maximum Gasteiger partial charge on any atom is 0.323 e. The number of rotatable bonds is 7. The average Bonchev–Trinajstić information content (AvgIpc) is 2.83. The average molecular weight is 285 g/mol. The highest BCUT2D eigenvalue weighted by Gasteiger charge is 2.24. The fraction of sp³-hybridized carbons (Fsp3) is 0.583. The summed E-state index contributed by atoms with van der Waals surface area (Å²) in [6.45, 7) is 3.91. The highest BCUT2D eigenvalue weighted by Crippen LogP contribution is 2.14. The lowest BCUT2D eigenvalue weighted by molar-refractivity contribution is -0.138. The largest absolute Gasteiger partial charge is 0.480 e. The van der Waals surface area contributed by atoms with E-state index in [2.05, 4.69) is 4.98 Å². The Morgan fingerprint density at radius 3 is 2.79 bits per heavy atom. The van der Waals surface area contributed by atoms with Crippen LogP contribution in [0.5, 0.6) is 0 Å². The predicted molar refractivity (Wildman–Crippen MR) is 73.3 cm³/mol. The standard InChI is InChI=1S/C12H19N3O3S/c1-3-8(2)15(6-11(16)17)12(18)9-7-19-10(14-9)4-5-13/h7-8H,3-6,13H2,1-2H3,(H,16,17). The van der Waals surface area contributed by atoms with E-state index in [9.17, 15) is 9.59 Å². The van der Waals surface area contributed by atoms with Crippen molar-refractivity contribution in [3.05, 3.63) is 16.1 Å². The molecule has 1 atom stereocenters. The zero-order valence-electron chi connectivity index (χ0n) is 11.1. The zero-order valence-corrected chi connectivity index (χ0v) is 11.9. The summed E-state index contributed by atoms with van der Waals surface area (Å²) in [5, 5.41) is 11.3. The van der Waals surface area contributed by atoms with Crippen LogP contribution >= 0.6 is 11.3 Å². The van der Waals surface area contributed by atoms with E-state index >= 15 is 0 Å². The minimum Gasteiger partial charge on any atom is -0.480 e. The number of carbonyl (C=O) groups excluding carboxylic acids is 1. The number of hydrogen-bond donors (Lipinski definition) is 2. The van der Waals surface area contributed by atoms with Gasteiger partial charge in [-0.1, -0.05) is 6.92 Å². The van der Waals surface area contributed by atoms with Gasteiger partial charge in [0.15, 0.2) is 0 Å². The van der Waals surface area contributed by atoms with E-state index < -0.39 is 5.97 Å². The maximum atomic E-state index is 12.3. The molecule has 0 bridgehead atoms. The van der Waals surface area contributed by atoms with Crippen LogP contribution in [0.25, 0.3) is 0 Å². The topological polar surface area (TPSA) is 96.5 Å². The van der Waals surface area contributed by atoms with Gasteiger partial charge in [-0.05, 0) is 19.9 Å². The first-order valence-electron chi connectivity index (χ1n) is 6.16. The number of thiazole rings is 1. The third-order valence-corrected chi connectivity index (χ3v) is 3.73. The molecule has 0 aliphatic rings. The van der Waals surface area contributed by atoms with Crippen LogP contribution in [0.3, 0.4) is 0 Å². The highest BCUT2D eigenvalue weighted by molar-refractivity contribution is 7.09. The van der Waals surface area contributed by atoms with Crippen molar-refractivity contribution in [1.29, 1.82) is 0 Å². The molecule has 0 saturated heterocycles. The molecule has 7 heteroatoms. The lowest BCUT2D eigenvalue weighted by Gasteiger charge is -2.26. The van der Waals surface area contributed by atoms with Crippen molar-refractivity contribution in [3.8, 4) is 0 Å². The first-order chi connectivity index (χ1) is 8.99. The van der Waals surface area contributed by atoms with Gasteiger partial charge >= 0.3 is 5.97 Å². The lowest BCUT2D eigenvalue weighted by Crippen LogP contribution is -2.42. The fourth-order valence-electron chi connectivity index (χ4n) is 1.59. The Labute approximate surface area is 116 Å². The van der Waals surface area contributed by atoms with Gasteiger partial charge in [-0.15, -0.1) is 11.3 Å². The molecule has 6 nitrogen and oxygen atoms in total. The highest BCUT2D eigenvalue weighted by atomic mass is 32.1. The second kappa shape index (κ2) is 7.20. The molecule has 0 aliphatic carbocycles. The van der Waals surface area contributed by atoms with E-state index in [1.807, 2.05) is 13.8 Å². The minimum atomic E-state index is -1.02. The Kier molecular flexibility index (Phi) is 5.91. The molecule has 1 aromatic rings. The summed E-state index contributed by atoms with van der Waals surface area (Å²) in [4.78, 5) is 28.7. The predicted octanol–water partition coefficient (Wildman–Crippen LogP) is 0.970. The summed E-state index contributed by atoms with van der Waals surface area (Å²) in [5.74, 6) is -1.36. The third kappa shape index (κ3) is 4.29.